The van der Waals surface area contributed by atoms with Crippen molar-refractivity contribution < 1.29 is 47.1 Å². The highest BCUT2D eigenvalue weighted by Crippen LogP contribution is 2.61. The van der Waals surface area contributed by atoms with Crippen LogP contribution in [0.3, 0.4) is 0 Å². The summed E-state index contributed by atoms with van der Waals surface area (Å²) in [6, 6.07) is 15.5. The molecule has 0 saturated heterocycles. The third-order valence-electron chi connectivity index (χ3n) is 12.3. The first kappa shape index (κ1) is 37.5. The number of nitrogens with zero attached hydrogens (tertiary/aromatic N) is 3. The molecular weight excluding hydrogens is 779 g/mol. The number of hydrogen-bond donors (Lipinski definition) is 6. The summed E-state index contributed by atoms with van der Waals surface area (Å²) in [6.07, 6.45) is 2.97. The summed E-state index contributed by atoms with van der Waals surface area (Å²) in [4.78, 5) is 57.0. The van der Waals surface area contributed by atoms with Crippen molar-refractivity contribution in [2.45, 2.75) is 83.0 Å². The Morgan fingerprint density at radius 3 is 2.61 bits per heavy atom. The van der Waals surface area contributed by atoms with Gasteiger partial charge in [0.15, 0.2) is 23.4 Å². The minimum atomic E-state index is -4.82. The van der Waals surface area contributed by atoms with Gasteiger partial charge in [0, 0.05) is 45.9 Å². The number of benzene rings is 3. The number of aromatic nitrogens is 3. The molecule has 7 heterocycles. The van der Waals surface area contributed by atoms with E-state index in [0.717, 1.165) is 38.9 Å². The standard InChI is InChI=1S/C42H41N6O10P/c1-5-41(51,6-2)39(50)44-27-16-21-13-14-29-26(15-21)42-25-11-7-10-23(33(25)47-40(42)57-29)22-9-8-12-28-31(22)24(18-48(28)19-55-59(52,53)54)30-17-43-37(56-30)34-35(42)58-38(46-34)32(20(3)4)45-36(27)49/h7-15,17-18,20,27,32,40,47,51H,5-6,16,19H2,1-4H3,(H,44,50)(H,45,49)(H2,52,53,54). The largest absolute Gasteiger partial charge is 0.471 e. The van der Waals surface area contributed by atoms with Crippen molar-refractivity contribution in [1.29, 1.82) is 0 Å². The molecule has 6 N–H and O–H groups in total. The second kappa shape index (κ2) is 13.1. The Morgan fingerprint density at radius 1 is 1.07 bits per heavy atom. The van der Waals surface area contributed by atoms with Crippen LogP contribution in [0.25, 0.3) is 44.9 Å². The monoisotopic (exact) mass is 820 g/mol. The van der Waals surface area contributed by atoms with E-state index in [0.29, 0.717) is 28.4 Å². The molecule has 6 aromatic rings. The van der Waals surface area contributed by atoms with Crippen LogP contribution in [0.15, 0.2) is 75.8 Å². The maximum absolute atomic E-state index is 14.3. The van der Waals surface area contributed by atoms with Gasteiger partial charge < -0.3 is 49.0 Å². The van der Waals surface area contributed by atoms with Gasteiger partial charge in [0.1, 0.15) is 35.6 Å². The van der Waals surface area contributed by atoms with E-state index in [1.165, 1.54) is 0 Å². The van der Waals surface area contributed by atoms with Crippen LogP contribution in [-0.4, -0.2) is 59.1 Å². The molecule has 304 valence electrons. The first-order valence-electron chi connectivity index (χ1n) is 19.6. The van der Waals surface area contributed by atoms with Crippen molar-refractivity contribution in [1.82, 2.24) is 25.2 Å². The lowest BCUT2D eigenvalue weighted by Crippen LogP contribution is -2.55. The summed E-state index contributed by atoms with van der Waals surface area (Å²) in [6.45, 7) is 6.87. The lowest BCUT2D eigenvalue weighted by atomic mass is 9.72. The third-order valence-corrected chi connectivity index (χ3v) is 12.7. The fourth-order valence-electron chi connectivity index (χ4n) is 9.13. The molecule has 4 aliphatic heterocycles. The highest BCUT2D eigenvalue weighted by Gasteiger charge is 2.61. The molecule has 10 rings (SSSR count). The number of oxazole rings is 2. The molecule has 3 aromatic heterocycles. The number of carbonyl (C=O) groups excluding carboxylic acids is 2. The van der Waals surface area contributed by atoms with Crippen LogP contribution >= 0.6 is 7.82 Å². The van der Waals surface area contributed by atoms with Gasteiger partial charge in [-0.2, -0.15) is 0 Å². The zero-order valence-corrected chi connectivity index (χ0v) is 33.4. The molecule has 0 saturated carbocycles. The summed E-state index contributed by atoms with van der Waals surface area (Å²) in [5, 5.41) is 21.6. The maximum atomic E-state index is 14.3. The van der Waals surface area contributed by atoms with Gasteiger partial charge in [-0.1, -0.05) is 70.2 Å². The van der Waals surface area contributed by atoms with Crippen LogP contribution < -0.4 is 20.7 Å². The summed E-state index contributed by atoms with van der Waals surface area (Å²) in [5.41, 5.74) is 3.34. The Labute approximate surface area is 337 Å². The van der Waals surface area contributed by atoms with E-state index < -0.39 is 55.7 Å². The van der Waals surface area contributed by atoms with Crippen LogP contribution in [0, 0.1) is 5.92 Å². The summed E-state index contributed by atoms with van der Waals surface area (Å²) < 4.78 is 38.8. The fourth-order valence-corrected chi connectivity index (χ4v) is 9.40. The minimum Gasteiger partial charge on any atom is -0.469 e. The Balaban J connectivity index is 1.25. The first-order chi connectivity index (χ1) is 28.2. The van der Waals surface area contributed by atoms with Crippen molar-refractivity contribution in [2.75, 3.05) is 5.32 Å². The van der Waals surface area contributed by atoms with E-state index in [-0.39, 0.29) is 42.7 Å². The van der Waals surface area contributed by atoms with Crippen molar-refractivity contribution in [2.24, 2.45) is 5.92 Å². The van der Waals surface area contributed by atoms with Gasteiger partial charge in [-0.15, -0.1) is 0 Å². The molecule has 17 heteroatoms. The lowest BCUT2D eigenvalue weighted by Gasteiger charge is -2.30. The number of ether oxygens (including phenoxy) is 1. The summed E-state index contributed by atoms with van der Waals surface area (Å²) >= 11 is 0. The van der Waals surface area contributed by atoms with Crippen molar-refractivity contribution in [3.63, 3.8) is 0 Å². The van der Waals surface area contributed by atoms with E-state index in [1.54, 1.807) is 30.8 Å². The first-order valence-corrected chi connectivity index (χ1v) is 21.1. The van der Waals surface area contributed by atoms with Crippen molar-refractivity contribution in [3.8, 4) is 39.8 Å². The zero-order chi connectivity index (χ0) is 41.2. The highest BCUT2D eigenvalue weighted by atomic mass is 31.2. The van der Waals surface area contributed by atoms with E-state index in [1.807, 2.05) is 68.4 Å². The lowest BCUT2D eigenvalue weighted by molar-refractivity contribution is -0.143. The number of anilines is 1. The van der Waals surface area contributed by atoms with Crippen LogP contribution in [-0.2, 0) is 37.2 Å². The Bertz CT molecular complexity index is 2780. The summed E-state index contributed by atoms with van der Waals surface area (Å²) in [7, 11) is -4.82. The van der Waals surface area contributed by atoms with Crippen LogP contribution in [0.2, 0.25) is 0 Å². The predicted octanol–water partition coefficient (Wildman–Crippen LogP) is 5.88. The SMILES string of the molecule is CCC(O)(CC)C(=O)NC1Cc2ccc3c(c2)C24c5cccc(c5NC2O3)-c2cccc3c2c(cn3COP(=O)(O)O)-c2cnc(o2)-c2nc(oc24)C(C(C)C)NC1=O. The van der Waals surface area contributed by atoms with Crippen LogP contribution in [0.1, 0.15) is 74.9 Å². The van der Waals surface area contributed by atoms with Gasteiger partial charge >= 0.3 is 7.82 Å². The van der Waals surface area contributed by atoms with Crippen molar-refractivity contribution >= 4 is 36.2 Å². The molecule has 10 bridgehead atoms. The molecule has 4 aliphatic rings. The average molecular weight is 821 g/mol. The van der Waals surface area contributed by atoms with Crippen LogP contribution in [0.5, 0.6) is 5.75 Å². The molecule has 0 fully saturated rings. The third kappa shape index (κ3) is 5.54. The van der Waals surface area contributed by atoms with Gasteiger partial charge in [0.2, 0.25) is 17.7 Å². The molecular formula is C42H41N6O10P. The van der Waals surface area contributed by atoms with E-state index >= 15 is 0 Å². The second-order valence-corrected chi connectivity index (χ2v) is 17.2. The number of nitrogens with one attached hydrogen (secondary N) is 3. The van der Waals surface area contributed by atoms with Gasteiger partial charge in [-0.05, 0) is 42.0 Å². The number of rotatable bonds is 8. The second-order valence-electron chi connectivity index (χ2n) is 15.9. The number of aliphatic hydroxyl groups is 1. The van der Waals surface area contributed by atoms with E-state index in [9.17, 15) is 29.0 Å². The molecule has 0 radical (unpaired) electrons. The molecule has 1 spiro atoms. The Hall–Kier alpha value is -5.77. The molecule has 4 atom stereocenters. The van der Waals surface area contributed by atoms with E-state index in [2.05, 4.69) is 16.0 Å². The quantitative estimate of drug-likeness (QED) is 0.0989. The number of para-hydroxylation sites is 1. The fraction of sp³-hybridized carbons (Fsp3) is 0.333. The normalized spacial score (nSPS) is 21.3. The molecule has 3 aromatic carbocycles. The number of carbonyl (C=O) groups is 2. The van der Waals surface area contributed by atoms with Gasteiger partial charge in [0.25, 0.3) is 5.91 Å². The number of phosphoric ester groups is 1. The highest BCUT2D eigenvalue weighted by molar-refractivity contribution is 7.46. The van der Waals surface area contributed by atoms with E-state index in [4.69, 9.17) is 28.1 Å². The van der Waals surface area contributed by atoms with Crippen molar-refractivity contribution in [3.05, 3.63) is 95.3 Å². The average Bonchev–Trinajstić information content (AvgIpc) is 4.04. The van der Waals surface area contributed by atoms with Crippen LogP contribution in [0.4, 0.5) is 5.69 Å². The maximum Gasteiger partial charge on any atom is 0.471 e. The Morgan fingerprint density at radius 2 is 1.85 bits per heavy atom. The number of phosphoric acid groups is 1. The predicted molar refractivity (Wildman–Crippen MR) is 213 cm³/mol. The number of fused-ring (bicyclic) bond motifs is 7. The molecule has 2 amide bonds. The zero-order valence-electron chi connectivity index (χ0n) is 32.5. The molecule has 16 nitrogen and oxygen atoms in total. The number of hydrogen-bond acceptors (Lipinski definition) is 11. The topological polar surface area (TPSA) is 223 Å². The van der Waals surface area contributed by atoms with Gasteiger partial charge in [-0.3, -0.25) is 14.1 Å². The molecule has 0 aliphatic carbocycles. The van der Waals surface area contributed by atoms with Gasteiger partial charge in [-0.25, -0.2) is 14.5 Å². The smallest absolute Gasteiger partial charge is 0.469 e. The Kier molecular flexibility index (Phi) is 8.34. The van der Waals surface area contributed by atoms with Gasteiger partial charge in [0.05, 0.1) is 11.7 Å². The summed E-state index contributed by atoms with van der Waals surface area (Å²) in [5.74, 6) is 0.276. The molecule has 4 unspecified atom stereocenters. The minimum absolute atomic E-state index is 0.107. The molecule has 59 heavy (non-hydrogen) atoms. The number of amides is 2.